The van der Waals surface area contributed by atoms with Crippen LogP contribution in [0.25, 0.3) is 32.9 Å². The molecular formula is C52H82N2. The van der Waals surface area contributed by atoms with Gasteiger partial charge in [-0.15, -0.1) is 0 Å². The molecule has 2 nitrogen and oxygen atoms in total. The van der Waals surface area contributed by atoms with Gasteiger partial charge in [0, 0.05) is 34.0 Å². The molecule has 0 bridgehead atoms. The van der Waals surface area contributed by atoms with Gasteiger partial charge < -0.3 is 10.3 Å². The van der Waals surface area contributed by atoms with Crippen LogP contribution < -0.4 is 5.73 Å². The van der Waals surface area contributed by atoms with E-state index in [1.54, 1.807) is 0 Å². The summed E-state index contributed by atoms with van der Waals surface area (Å²) >= 11 is 0. The van der Waals surface area contributed by atoms with Crippen LogP contribution >= 0.6 is 0 Å². The minimum atomic E-state index is 0.921. The van der Waals surface area contributed by atoms with Crippen LogP contribution in [0, 0.1) is 0 Å². The maximum absolute atomic E-state index is 6.52. The van der Waals surface area contributed by atoms with E-state index in [4.69, 9.17) is 5.73 Å². The highest BCUT2D eigenvalue weighted by Gasteiger charge is 2.16. The molecule has 0 spiro atoms. The van der Waals surface area contributed by atoms with Crippen LogP contribution in [0.4, 0.5) is 5.69 Å². The molecule has 1 aromatic heterocycles. The van der Waals surface area contributed by atoms with Crippen LogP contribution in [0.3, 0.4) is 0 Å². The molecule has 0 amide bonds. The van der Waals surface area contributed by atoms with Crippen molar-refractivity contribution in [2.75, 3.05) is 5.73 Å². The Balaban J connectivity index is 0.946. The maximum atomic E-state index is 6.52. The number of anilines is 1. The predicted molar refractivity (Wildman–Crippen MR) is 243 cm³/mol. The summed E-state index contributed by atoms with van der Waals surface area (Å²) in [6.07, 6.45) is 44.3. The third kappa shape index (κ3) is 15.8. The fraction of sp³-hybridized carbons (Fsp3) is 0.654. The Labute approximate surface area is 333 Å². The van der Waals surface area contributed by atoms with E-state index in [1.165, 1.54) is 231 Å². The molecule has 1 heterocycles. The van der Waals surface area contributed by atoms with Crippen molar-refractivity contribution in [1.82, 2.24) is 4.57 Å². The summed E-state index contributed by atoms with van der Waals surface area (Å²) in [6.45, 7) is 5.62. The Hall–Kier alpha value is -2.74. The molecule has 0 saturated heterocycles. The molecular weight excluding hydrogens is 653 g/mol. The van der Waals surface area contributed by atoms with Crippen LogP contribution in [-0.4, -0.2) is 4.57 Å². The fourth-order valence-corrected chi connectivity index (χ4v) is 9.00. The number of nitrogens with zero attached hydrogens (tertiary/aromatic N) is 1. The first-order valence-corrected chi connectivity index (χ1v) is 23.6. The highest BCUT2D eigenvalue weighted by Crippen LogP contribution is 2.37. The monoisotopic (exact) mass is 735 g/mol. The molecule has 0 unspecified atom stereocenters. The van der Waals surface area contributed by atoms with Crippen molar-refractivity contribution in [3.63, 3.8) is 0 Å². The average Bonchev–Trinajstić information content (AvgIpc) is 3.51. The van der Waals surface area contributed by atoms with Gasteiger partial charge in [-0.1, -0.05) is 236 Å². The molecule has 0 radical (unpaired) electrons. The number of aryl methyl sites for hydroxylation is 2. The van der Waals surface area contributed by atoms with Crippen molar-refractivity contribution < 1.29 is 0 Å². The lowest BCUT2D eigenvalue weighted by Gasteiger charge is -2.09. The maximum Gasteiger partial charge on any atom is 0.0495 e. The van der Waals surface area contributed by atoms with Gasteiger partial charge in [0.2, 0.25) is 0 Å². The summed E-state index contributed by atoms with van der Waals surface area (Å²) in [5.41, 5.74) is 14.0. The quantitative estimate of drug-likeness (QED) is 0.0383. The molecule has 0 atom stereocenters. The summed E-state index contributed by atoms with van der Waals surface area (Å²) in [5.74, 6) is 0. The van der Waals surface area contributed by atoms with Crippen LogP contribution in [-0.2, 0) is 13.0 Å². The fourth-order valence-electron chi connectivity index (χ4n) is 9.00. The topological polar surface area (TPSA) is 30.9 Å². The number of benzene rings is 3. The van der Waals surface area contributed by atoms with E-state index in [-0.39, 0.29) is 0 Å². The number of hydrogen-bond donors (Lipinski definition) is 1. The number of rotatable bonds is 33. The van der Waals surface area contributed by atoms with Crippen molar-refractivity contribution in [3.05, 3.63) is 66.2 Å². The van der Waals surface area contributed by atoms with Crippen molar-refractivity contribution in [2.45, 2.75) is 219 Å². The Morgan fingerprint density at radius 2 is 0.815 bits per heavy atom. The standard InChI is InChI=1S/C52H82N2/c1-3-5-6-7-8-9-10-11-12-13-14-15-16-17-18-19-20-21-22-23-24-25-26-27-28-29-30-31-32-36-43-54-50-41-39-46(45-37-34-33-35-38-45)44-48(50)52-47(4-2)49(53)40-42-51(52)54/h33-35,37-42,44H,3-32,36,43,53H2,1-2H3. The number of hydrogen-bond acceptors (Lipinski definition) is 1. The normalized spacial score (nSPS) is 11.7. The van der Waals surface area contributed by atoms with Crippen molar-refractivity contribution in [2.24, 2.45) is 0 Å². The van der Waals surface area contributed by atoms with Crippen LogP contribution in [0.5, 0.6) is 0 Å². The lowest BCUT2D eigenvalue weighted by molar-refractivity contribution is 0.511. The Bertz CT molecular complexity index is 1510. The van der Waals surface area contributed by atoms with E-state index in [9.17, 15) is 0 Å². The smallest absolute Gasteiger partial charge is 0.0495 e. The third-order valence-corrected chi connectivity index (χ3v) is 12.4. The Morgan fingerprint density at radius 3 is 1.24 bits per heavy atom. The molecule has 0 aliphatic rings. The van der Waals surface area contributed by atoms with Gasteiger partial charge in [-0.2, -0.15) is 0 Å². The number of aromatic nitrogens is 1. The molecule has 0 aliphatic heterocycles. The minimum absolute atomic E-state index is 0.921. The lowest BCUT2D eigenvalue weighted by Crippen LogP contribution is -1.99. The second-order valence-corrected chi connectivity index (χ2v) is 16.9. The predicted octanol–water partition coefficient (Wildman–Crippen LogP) is 17.3. The third-order valence-electron chi connectivity index (χ3n) is 12.4. The van der Waals surface area contributed by atoms with Gasteiger partial charge in [-0.3, -0.25) is 0 Å². The molecule has 4 aromatic rings. The highest BCUT2D eigenvalue weighted by molar-refractivity contribution is 6.12. The van der Waals surface area contributed by atoms with Crippen molar-refractivity contribution in [3.8, 4) is 11.1 Å². The number of nitrogen functional groups attached to an aromatic ring is 1. The van der Waals surface area contributed by atoms with Gasteiger partial charge >= 0.3 is 0 Å². The van der Waals surface area contributed by atoms with E-state index in [0.717, 1.165) is 18.7 Å². The SMILES string of the molecule is CCCCCCCCCCCCCCCCCCCCCCCCCCCCCCCCn1c2ccc(-c3ccccc3)cc2c2c(CC)c(N)ccc21. The molecule has 3 aromatic carbocycles. The van der Waals surface area contributed by atoms with E-state index in [0.29, 0.717) is 0 Å². The van der Waals surface area contributed by atoms with Gasteiger partial charge in [0.15, 0.2) is 0 Å². The average molecular weight is 735 g/mol. The zero-order valence-electron chi connectivity index (χ0n) is 35.4. The number of fused-ring (bicyclic) bond motifs is 3. The first-order valence-electron chi connectivity index (χ1n) is 23.6. The first-order chi connectivity index (χ1) is 26.7. The highest BCUT2D eigenvalue weighted by atomic mass is 15.0. The summed E-state index contributed by atoms with van der Waals surface area (Å²) in [7, 11) is 0. The molecule has 4 rings (SSSR count). The van der Waals surface area contributed by atoms with Crippen LogP contribution in [0.15, 0.2) is 60.7 Å². The van der Waals surface area contributed by atoms with Crippen LogP contribution in [0.1, 0.15) is 212 Å². The van der Waals surface area contributed by atoms with Gasteiger partial charge in [-0.05, 0) is 53.8 Å². The first kappa shape index (κ1) is 44.0. The molecule has 2 N–H and O–H groups in total. The summed E-state index contributed by atoms with van der Waals surface area (Å²) in [6, 6.07) is 22.2. The number of nitrogens with two attached hydrogens (primary N) is 1. The molecule has 300 valence electrons. The van der Waals surface area contributed by atoms with Gasteiger partial charge in [0.1, 0.15) is 0 Å². The molecule has 2 heteroatoms. The molecule has 0 fully saturated rings. The van der Waals surface area contributed by atoms with Crippen molar-refractivity contribution in [1.29, 1.82) is 0 Å². The zero-order valence-corrected chi connectivity index (χ0v) is 35.4. The summed E-state index contributed by atoms with van der Waals surface area (Å²) < 4.78 is 2.57. The number of unbranched alkanes of at least 4 members (excludes halogenated alkanes) is 29. The second kappa shape index (κ2) is 27.8. The van der Waals surface area contributed by atoms with E-state index in [2.05, 4.69) is 79.1 Å². The van der Waals surface area contributed by atoms with Gasteiger partial charge in [0.25, 0.3) is 0 Å². The van der Waals surface area contributed by atoms with E-state index >= 15 is 0 Å². The lowest BCUT2D eigenvalue weighted by atomic mass is 9.99. The molecule has 54 heavy (non-hydrogen) atoms. The molecule has 0 aliphatic carbocycles. The van der Waals surface area contributed by atoms with Crippen molar-refractivity contribution >= 4 is 27.5 Å². The zero-order chi connectivity index (χ0) is 37.9. The summed E-state index contributed by atoms with van der Waals surface area (Å²) in [5, 5.41) is 2.71. The molecule has 0 saturated carbocycles. The van der Waals surface area contributed by atoms with Crippen LogP contribution in [0.2, 0.25) is 0 Å². The minimum Gasteiger partial charge on any atom is -0.398 e. The van der Waals surface area contributed by atoms with Gasteiger partial charge in [-0.25, -0.2) is 0 Å². The Kier molecular flexibility index (Phi) is 22.6. The Morgan fingerprint density at radius 1 is 0.407 bits per heavy atom. The summed E-state index contributed by atoms with van der Waals surface area (Å²) in [4.78, 5) is 0. The van der Waals surface area contributed by atoms with E-state index in [1.807, 2.05) is 0 Å². The largest absolute Gasteiger partial charge is 0.398 e. The second-order valence-electron chi connectivity index (χ2n) is 16.9. The van der Waals surface area contributed by atoms with Gasteiger partial charge in [0.05, 0.1) is 0 Å². The van der Waals surface area contributed by atoms with E-state index < -0.39 is 0 Å².